The molecule has 0 bridgehead atoms. The van der Waals surface area contributed by atoms with Crippen LogP contribution in [0.2, 0.25) is 0 Å². The van der Waals surface area contributed by atoms with Gasteiger partial charge in [0.25, 0.3) is 0 Å². The van der Waals surface area contributed by atoms with Gasteiger partial charge in [-0.15, -0.1) is 0 Å². The molecule has 0 spiro atoms. The van der Waals surface area contributed by atoms with Crippen molar-refractivity contribution in [1.82, 2.24) is 18.8 Å². The number of thioether (sulfide) groups is 1. The summed E-state index contributed by atoms with van der Waals surface area (Å²) in [5.41, 5.74) is 2.37. The van der Waals surface area contributed by atoms with Crippen molar-refractivity contribution < 1.29 is 13.2 Å². The van der Waals surface area contributed by atoms with Gasteiger partial charge >= 0.3 is 0 Å². The summed E-state index contributed by atoms with van der Waals surface area (Å²) < 4.78 is 28.5. The van der Waals surface area contributed by atoms with Gasteiger partial charge in [0.15, 0.2) is 5.16 Å². The van der Waals surface area contributed by atoms with Crippen LogP contribution in [0, 0.1) is 0 Å². The average molecular weight is 475 g/mol. The second-order valence-electron chi connectivity index (χ2n) is 7.98. The first-order chi connectivity index (χ1) is 15.2. The zero-order valence-corrected chi connectivity index (χ0v) is 20.8. The highest BCUT2D eigenvalue weighted by Crippen LogP contribution is 2.38. The third-order valence-corrected chi connectivity index (χ3v) is 8.23. The Morgan fingerprint density at radius 2 is 1.78 bits per heavy atom. The lowest BCUT2D eigenvalue weighted by Crippen LogP contribution is -2.27. The predicted molar refractivity (Wildman–Crippen MR) is 129 cm³/mol. The van der Waals surface area contributed by atoms with Crippen LogP contribution in [0.4, 0.5) is 0 Å². The first-order valence-corrected chi connectivity index (χ1v) is 12.8. The molecule has 1 atom stereocenters. The summed E-state index contributed by atoms with van der Waals surface area (Å²) in [6.45, 7) is 2.86. The van der Waals surface area contributed by atoms with Crippen LogP contribution in [-0.4, -0.2) is 61.3 Å². The Morgan fingerprint density at radius 1 is 1.09 bits per heavy atom. The minimum atomic E-state index is -3.56. The molecule has 0 aliphatic rings. The Hall–Kier alpha value is -2.36. The van der Waals surface area contributed by atoms with E-state index in [2.05, 4.69) is 11.5 Å². The SMILES string of the molecule is CCCCn1c(SC(C(=O)N(C)C)c2ccccc2)nc2cc(S(=O)(=O)N(C)C)ccc21. The molecule has 0 aliphatic heterocycles. The number of carbonyl (C=O) groups excluding carboxylic acids is 1. The zero-order valence-electron chi connectivity index (χ0n) is 19.1. The van der Waals surface area contributed by atoms with E-state index in [1.54, 1.807) is 31.1 Å². The molecule has 3 aromatic rings. The van der Waals surface area contributed by atoms with Gasteiger partial charge in [0, 0.05) is 34.7 Å². The van der Waals surface area contributed by atoms with Crippen molar-refractivity contribution in [3.63, 3.8) is 0 Å². The van der Waals surface area contributed by atoms with Crippen LogP contribution in [0.3, 0.4) is 0 Å². The lowest BCUT2D eigenvalue weighted by atomic mass is 10.1. The first-order valence-electron chi connectivity index (χ1n) is 10.5. The van der Waals surface area contributed by atoms with E-state index in [1.165, 1.54) is 30.2 Å². The van der Waals surface area contributed by atoms with Gasteiger partial charge in [-0.25, -0.2) is 17.7 Å². The summed E-state index contributed by atoms with van der Waals surface area (Å²) in [5, 5.41) is 0.255. The van der Waals surface area contributed by atoms with Crippen molar-refractivity contribution in [2.75, 3.05) is 28.2 Å². The molecular formula is C23H30N4O3S2. The number of aromatic nitrogens is 2. The van der Waals surface area contributed by atoms with Crippen LogP contribution >= 0.6 is 11.8 Å². The monoisotopic (exact) mass is 474 g/mol. The van der Waals surface area contributed by atoms with Gasteiger partial charge in [0.2, 0.25) is 15.9 Å². The topological polar surface area (TPSA) is 75.5 Å². The highest BCUT2D eigenvalue weighted by atomic mass is 32.2. The van der Waals surface area contributed by atoms with E-state index < -0.39 is 15.3 Å². The van der Waals surface area contributed by atoms with Crippen molar-refractivity contribution in [2.24, 2.45) is 0 Å². The quantitative estimate of drug-likeness (QED) is 0.438. The highest BCUT2D eigenvalue weighted by Gasteiger charge is 2.27. The zero-order chi connectivity index (χ0) is 23.5. The van der Waals surface area contributed by atoms with Crippen LogP contribution in [0.5, 0.6) is 0 Å². The molecule has 32 heavy (non-hydrogen) atoms. The summed E-state index contributed by atoms with van der Waals surface area (Å²) >= 11 is 1.40. The molecule has 1 heterocycles. The number of sulfonamides is 1. The molecule has 0 saturated carbocycles. The molecule has 0 fully saturated rings. The van der Waals surface area contributed by atoms with E-state index >= 15 is 0 Å². The summed E-state index contributed by atoms with van der Waals surface area (Å²) in [7, 11) is 2.96. The first kappa shape index (κ1) is 24.3. The Morgan fingerprint density at radius 3 is 2.38 bits per heavy atom. The van der Waals surface area contributed by atoms with Gasteiger partial charge in [-0.2, -0.15) is 0 Å². The van der Waals surface area contributed by atoms with E-state index in [-0.39, 0.29) is 10.8 Å². The molecule has 2 aromatic carbocycles. The second-order valence-corrected chi connectivity index (χ2v) is 11.2. The van der Waals surface area contributed by atoms with Gasteiger partial charge < -0.3 is 9.47 Å². The standard InChI is InChI=1S/C23H30N4O3S2/c1-6-7-15-27-20-14-13-18(32(29,30)26(4)5)16-19(20)24-23(27)31-21(22(28)25(2)3)17-11-9-8-10-12-17/h8-14,16,21H,6-7,15H2,1-5H3. The van der Waals surface area contributed by atoms with Gasteiger partial charge in [-0.1, -0.05) is 55.4 Å². The number of aryl methyl sites for hydroxylation is 1. The molecule has 1 aromatic heterocycles. The largest absolute Gasteiger partial charge is 0.348 e. The number of fused-ring (bicyclic) bond motifs is 1. The average Bonchev–Trinajstić information content (AvgIpc) is 3.12. The van der Waals surface area contributed by atoms with Gasteiger partial charge in [0.05, 0.1) is 15.9 Å². The van der Waals surface area contributed by atoms with E-state index in [0.29, 0.717) is 10.7 Å². The van der Waals surface area contributed by atoms with Crippen molar-refractivity contribution in [1.29, 1.82) is 0 Å². The molecule has 7 nitrogen and oxygen atoms in total. The fourth-order valence-electron chi connectivity index (χ4n) is 3.31. The lowest BCUT2D eigenvalue weighted by molar-refractivity contribution is -0.128. The minimum Gasteiger partial charge on any atom is -0.348 e. The van der Waals surface area contributed by atoms with E-state index in [4.69, 9.17) is 4.98 Å². The fourth-order valence-corrected chi connectivity index (χ4v) is 5.52. The molecule has 0 N–H and O–H groups in total. The number of benzene rings is 2. The summed E-state index contributed by atoms with van der Waals surface area (Å²) in [4.78, 5) is 19.6. The molecule has 0 radical (unpaired) electrons. The molecule has 0 aliphatic carbocycles. The van der Waals surface area contributed by atoms with Gasteiger partial charge in [0.1, 0.15) is 5.25 Å². The Kier molecular flexibility index (Phi) is 7.63. The van der Waals surface area contributed by atoms with Crippen molar-refractivity contribution in [2.45, 2.75) is 41.6 Å². The number of amides is 1. The third-order valence-electron chi connectivity index (χ3n) is 5.19. The lowest BCUT2D eigenvalue weighted by Gasteiger charge is -2.20. The maximum absolute atomic E-state index is 13.0. The van der Waals surface area contributed by atoms with Crippen LogP contribution < -0.4 is 0 Å². The Labute approximate surface area is 194 Å². The Bertz CT molecular complexity index is 1190. The minimum absolute atomic E-state index is 0.0221. The molecule has 9 heteroatoms. The van der Waals surface area contributed by atoms with E-state index in [1.807, 2.05) is 36.4 Å². The Balaban J connectivity index is 2.11. The maximum Gasteiger partial charge on any atom is 0.242 e. The van der Waals surface area contributed by atoms with Crippen molar-refractivity contribution in [3.8, 4) is 0 Å². The maximum atomic E-state index is 13.0. The summed E-state index contributed by atoms with van der Waals surface area (Å²) in [6.07, 6.45) is 1.96. The van der Waals surface area contributed by atoms with E-state index in [9.17, 15) is 13.2 Å². The highest BCUT2D eigenvalue weighted by molar-refractivity contribution is 8.00. The number of carbonyl (C=O) groups is 1. The second kappa shape index (κ2) is 10.1. The number of likely N-dealkylation sites (N-methyl/N-ethyl adjacent to an activating group) is 1. The third kappa shape index (κ3) is 5.00. The number of hydrogen-bond acceptors (Lipinski definition) is 5. The molecule has 0 saturated heterocycles. The predicted octanol–water partition coefficient (Wildman–Crippen LogP) is 4.01. The number of imidazole rings is 1. The number of hydrogen-bond donors (Lipinski definition) is 0. The molecule has 172 valence electrons. The summed E-state index contributed by atoms with van der Waals surface area (Å²) in [5.74, 6) is -0.0221. The number of nitrogens with zero attached hydrogens (tertiary/aromatic N) is 4. The fraction of sp³-hybridized carbons (Fsp3) is 0.391. The normalized spacial score (nSPS) is 12.9. The molecule has 3 rings (SSSR count). The van der Waals surface area contributed by atoms with Gasteiger partial charge in [-0.3, -0.25) is 4.79 Å². The smallest absolute Gasteiger partial charge is 0.242 e. The number of unbranched alkanes of at least 4 members (excludes halogenated alkanes) is 1. The number of rotatable bonds is 9. The molecular weight excluding hydrogens is 444 g/mol. The van der Waals surface area contributed by atoms with Gasteiger partial charge in [-0.05, 0) is 30.2 Å². The van der Waals surface area contributed by atoms with Crippen LogP contribution in [0.25, 0.3) is 11.0 Å². The van der Waals surface area contributed by atoms with Crippen molar-refractivity contribution >= 4 is 38.7 Å². The van der Waals surface area contributed by atoms with Crippen molar-refractivity contribution in [3.05, 3.63) is 54.1 Å². The van der Waals surface area contributed by atoms with Crippen LogP contribution in [0.1, 0.15) is 30.6 Å². The van der Waals surface area contributed by atoms with Crippen LogP contribution in [0.15, 0.2) is 58.6 Å². The van der Waals surface area contributed by atoms with Crippen LogP contribution in [-0.2, 0) is 21.4 Å². The molecule has 1 unspecified atom stereocenters. The molecule has 1 amide bonds. The summed E-state index contributed by atoms with van der Waals surface area (Å²) in [6, 6.07) is 14.7. The van der Waals surface area contributed by atoms with E-state index in [0.717, 1.165) is 30.5 Å².